The lowest BCUT2D eigenvalue weighted by atomic mass is 10.0. The summed E-state index contributed by atoms with van der Waals surface area (Å²) in [5, 5.41) is 2.94. The molecule has 0 aliphatic carbocycles. The molecule has 1 N–H and O–H groups in total. The molecule has 0 aliphatic heterocycles. The molecule has 5 nitrogen and oxygen atoms in total. The summed E-state index contributed by atoms with van der Waals surface area (Å²) in [5.74, 6) is 1.39. The van der Waals surface area contributed by atoms with E-state index in [1.807, 2.05) is 54.6 Å². The molecule has 3 aromatic carbocycles. The van der Waals surface area contributed by atoms with Gasteiger partial charge in [-0.05, 0) is 47.4 Å². The van der Waals surface area contributed by atoms with Crippen LogP contribution in [0.3, 0.4) is 0 Å². The van der Waals surface area contributed by atoms with Gasteiger partial charge in [-0.1, -0.05) is 50.2 Å². The van der Waals surface area contributed by atoms with E-state index in [1.54, 1.807) is 7.11 Å². The zero-order chi connectivity index (χ0) is 21.1. The third kappa shape index (κ3) is 4.20. The van der Waals surface area contributed by atoms with E-state index < -0.39 is 0 Å². The largest absolute Gasteiger partial charge is 0.495 e. The van der Waals surface area contributed by atoms with E-state index in [1.165, 1.54) is 5.56 Å². The smallest absolute Gasteiger partial charge is 0.228 e. The Bertz CT molecular complexity index is 1180. The van der Waals surface area contributed by atoms with Gasteiger partial charge in [0.1, 0.15) is 11.3 Å². The van der Waals surface area contributed by atoms with Gasteiger partial charge in [-0.3, -0.25) is 4.79 Å². The number of nitrogens with one attached hydrogen (secondary N) is 1. The van der Waals surface area contributed by atoms with Crippen molar-refractivity contribution in [2.75, 3.05) is 12.4 Å². The van der Waals surface area contributed by atoms with Crippen LogP contribution in [0.2, 0.25) is 0 Å². The van der Waals surface area contributed by atoms with Crippen LogP contribution in [-0.4, -0.2) is 18.0 Å². The first kappa shape index (κ1) is 19.7. The van der Waals surface area contributed by atoms with Crippen LogP contribution < -0.4 is 10.1 Å². The number of oxazole rings is 1. The summed E-state index contributed by atoms with van der Waals surface area (Å²) in [5.41, 5.74) is 5.08. The van der Waals surface area contributed by atoms with Gasteiger partial charge in [0.2, 0.25) is 11.8 Å². The number of ether oxygens (including phenoxy) is 1. The van der Waals surface area contributed by atoms with Crippen LogP contribution in [0, 0.1) is 0 Å². The van der Waals surface area contributed by atoms with Crippen molar-refractivity contribution >= 4 is 22.7 Å². The minimum Gasteiger partial charge on any atom is -0.495 e. The molecule has 1 aromatic heterocycles. The van der Waals surface area contributed by atoms with Crippen molar-refractivity contribution in [1.82, 2.24) is 4.98 Å². The number of methoxy groups -OCH3 is 1. The molecule has 0 fully saturated rings. The highest BCUT2D eigenvalue weighted by Crippen LogP contribution is 2.32. The fraction of sp³-hybridized carbons (Fsp3) is 0.200. The van der Waals surface area contributed by atoms with Gasteiger partial charge in [-0.25, -0.2) is 4.98 Å². The normalized spacial score (nSPS) is 11.1. The number of hydrogen-bond donors (Lipinski definition) is 1. The van der Waals surface area contributed by atoms with E-state index in [4.69, 9.17) is 9.15 Å². The standard InChI is InChI=1S/C25H24N2O3/c1-16(2)18-9-12-23-21(14-18)27-25(30-23)19-10-11-22(29-3)20(15-19)26-24(28)13-17-7-5-4-6-8-17/h4-12,14-16H,13H2,1-3H3,(H,26,28). The number of carbonyl (C=O) groups is 1. The van der Waals surface area contributed by atoms with E-state index >= 15 is 0 Å². The van der Waals surface area contributed by atoms with E-state index in [0.717, 1.165) is 22.2 Å². The summed E-state index contributed by atoms with van der Waals surface area (Å²) < 4.78 is 11.4. The first-order chi connectivity index (χ1) is 14.5. The number of nitrogens with zero attached hydrogens (tertiary/aromatic N) is 1. The van der Waals surface area contributed by atoms with Crippen molar-refractivity contribution in [3.05, 3.63) is 77.9 Å². The maximum absolute atomic E-state index is 12.5. The van der Waals surface area contributed by atoms with Gasteiger partial charge in [0, 0.05) is 5.56 Å². The first-order valence-corrected chi connectivity index (χ1v) is 9.96. The zero-order valence-corrected chi connectivity index (χ0v) is 17.3. The van der Waals surface area contributed by atoms with Crippen LogP contribution in [0.5, 0.6) is 5.75 Å². The average Bonchev–Trinajstić information content (AvgIpc) is 3.17. The minimum absolute atomic E-state index is 0.115. The van der Waals surface area contributed by atoms with Crippen molar-refractivity contribution < 1.29 is 13.9 Å². The number of carbonyl (C=O) groups excluding carboxylic acids is 1. The molecule has 0 spiro atoms. The number of fused-ring (bicyclic) bond motifs is 1. The summed E-state index contributed by atoms with van der Waals surface area (Å²) >= 11 is 0. The Balaban J connectivity index is 1.62. The molecule has 0 atom stereocenters. The van der Waals surface area contributed by atoms with Gasteiger partial charge in [-0.15, -0.1) is 0 Å². The van der Waals surface area contributed by atoms with Crippen molar-refractivity contribution in [3.63, 3.8) is 0 Å². The van der Waals surface area contributed by atoms with Crippen molar-refractivity contribution in [2.24, 2.45) is 0 Å². The SMILES string of the molecule is COc1ccc(-c2nc3cc(C(C)C)ccc3o2)cc1NC(=O)Cc1ccccc1. The van der Waals surface area contributed by atoms with Crippen LogP contribution in [0.25, 0.3) is 22.6 Å². The summed E-state index contributed by atoms with van der Waals surface area (Å²) in [7, 11) is 1.58. The summed E-state index contributed by atoms with van der Waals surface area (Å²) in [6.45, 7) is 4.30. The second-order valence-corrected chi connectivity index (χ2v) is 7.53. The Morgan fingerprint density at radius 2 is 1.87 bits per heavy atom. The molecule has 0 bridgehead atoms. The quantitative estimate of drug-likeness (QED) is 0.444. The third-order valence-electron chi connectivity index (χ3n) is 5.01. The molecular formula is C25H24N2O3. The molecule has 0 saturated heterocycles. The van der Waals surface area contributed by atoms with Crippen molar-refractivity contribution in [2.45, 2.75) is 26.2 Å². The van der Waals surface area contributed by atoms with E-state index in [2.05, 4.69) is 36.3 Å². The van der Waals surface area contributed by atoms with E-state index in [-0.39, 0.29) is 12.3 Å². The summed E-state index contributed by atoms with van der Waals surface area (Å²) in [6, 6.07) is 21.2. The third-order valence-corrected chi connectivity index (χ3v) is 5.01. The Labute approximate surface area is 175 Å². The Kier molecular flexibility index (Phi) is 5.53. The van der Waals surface area contributed by atoms with Gasteiger partial charge < -0.3 is 14.5 Å². The van der Waals surface area contributed by atoms with E-state index in [9.17, 15) is 4.79 Å². The van der Waals surface area contributed by atoms with Gasteiger partial charge in [0.25, 0.3) is 0 Å². The lowest BCUT2D eigenvalue weighted by Gasteiger charge is -2.11. The maximum atomic E-state index is 12.5. The molecule has 5 heteroatoms. The molecule has 0 unspecified atom stereocenters. The van der Waals surface area contributed by atoms with Crippen LogP contribution in [0.1, 0.15) is 30.9 Å². The number of hydrogen-bond acceptors (Lipinski definition) is 4. The average molecular weight is 400 g/mol. The topological polar surface area (TPSA) is 64.4 Å². The monoisotopic (exact) mass is 400 g/mol. The number of anilines is 1. The molecule has 152 valence electrons. The molecule has 4 rings (SSSR count). The molecule has 0 saturated carbocycles. The van der Waals surface area contributed by atoms with Crippen LogP contribution in [0.4, 0.5) is 5.69 Å². The predicted octanol–water partition coefficient (Wildman–Crippen LogP) is 5.81. The highest BCUT2D eigenvalue weighted by molar-refractivity contribution is 5.94. The highest BCUT2D eigenvalue weighted by atomic mass is 16.5. The highest BCUT2D eigenvalue weighted by Gasteiger charge is 2.14. The fourth-order valence-corrected chi connectivity index (χ4v) is 3.34. The molecular weight excluding hydrogens is 376 g/mol. The van der Waals surface area contributed by atoms with Crippen molar-refractivity contribution in [3.8, 4) is 17.2 Å². The van der Waals surface area contributed by atoms with Gasteiger partial charge in [0.05, 0.1) is 19.2 Å². The predicted molar refractivity (Wildman–Crippen MR) is 119 cm³/mol. The Hall–Kier alpha value is -3.60. The van der Waals surface area contributed by atoms with Gasteiger partial charge >= 0.3 is 0 Å². The van der Waals surface area contributed by atoms with Gasteiger partial charge in [-0.2, -0.15) is 0 Å². The maximum Gasteiger partial charge on any atom is 0.228 e. The second-order valence-electron chi connectivity index (χ2n) is 7.53. The fourth-order valence-electron chi connectivity index (χ4n) is 3.34. The van der Waals surface area contributed by atoms with Crippen LogP contribution >= 0.6 is 0 Å². The minimum atomic E-state index is -0.115. The molecule has 1 heterocycles. The van der Waals surface area contributed by atoms with E-state index in [0.29, 0.717) is 23.2 Å². The lowest BCUT2D eigenvalue weighted by molar-refractivity contribution is -0.115. The molecule has 4 aromatic rings. The molecule has 0 radical (unpaired) electrons. The number of benzene rings is 3. The molecule has 0 aliphatic rings. The Morgan fingerprint density at radius 3 is 2.60 bits per heavy atom. The first-order valence-electron chi connectivity index (χ1n) is 9.96. The lowest BCUT2D eigenvalue weighted by Crippen LogP contribution is -2.15. The molecule has 1 amide bonds. The summed E-state index contributed by atoms with van der Waals surface area (Å²) in [4.78, 5) is 17.2. The van der Waals surface area contributed by atoms with Crippen molar-refractivity contribution in [1.29, 1.82) is 0 Å². The Morgan fingerprint density at radius 1 is 1.07 bits per heavy atom. The zero-order valence-electron chi connectivity index (χ0n) is 17.3. The second kappa shape index (κ2) is 8.41. The number of rotatable bonds is 6. The summed E-state index contributed by atoms with van der Waals surface area (Å²) in [6.07, 6.45) is 0.287. The van der Waals surface area contributed by atoms with Crippen LogP contribution in [0.15, 0.2) is 71.1 Å². The number of aromatic nitrogens is 1. The van der Waals surface area contributed by atoms with Gasteiger partial charge in [0.15, 0.2) is 5.58 Å². The molecule has 30 heavy (non-hydrogen) atoms. The van der Waals surface area contributed by atoms with Crippen LogP contribution in [-0.2, 0) is 11.2 Å². The number of amides is 1.